The van der Waals surface area contributed by atoms with E-state index in [-0.39, 0.29) is 16.1 Å². The summed E-state index contributed by atoms with van der Waals surface area (Å²) < 4.78 is 40.4. The van der Waals surface area contributed by atoms with E-state index in [2.05, 4.69) is 25.8 Å². The van der Waals surface area contributed by atoms with Crippen molar-refractivity contribution in [2.24, 2.45) is 0 Å². The van der Waals surface area contributed by atoms with Gasteiger partial charge in [-0.05, 0) is 22.6 Å². The van der Waals surface area contributed by atoms with E-state index in [9.17, 15) is 13.2 Å². The van der Waals surface area contributed by atoms with Gasteiger partial charge in [-0.3, -0.25) is 0 Å². The lowest BCUT2D eigenvalue weighted by molar-refractivity contribution is -0.137. The zero-order valence-corrected chi connectivity index (χ0v) is 12.9. The third kappa shape index (κ3) is 2.42. The normalized spacial score (nSPS) is 16.2. The first-order valence-corrected chi connectivity index (χ1v) is 7.57. The molecule has 0 aliphatic carbocycles. The summed E-state index contributed by atoms with van der Waals surface area (Å²) >= 11 is 6.07. The number of fused-ring (bicyclic) bond motifs is 3. The largest absolute Gasteiger partial charge is 0.416 e. The fourth-order valence-corrected chi connectivity index (χ4v) is 3.01. The van der Waals surface area contributed by atoms with Crippen LogP contribution in [-0.4, -0.2) is 51.2 Å². The van der Waals surface area contributed by atoms with Gasteiger partial charge in [-0.1, -0.05) is 11.6 Å². The number of nitrogens with one attached hydrogen (secondary N) is 1. The van der Waals surface area contributed by atoms with Crippen LogP contribution >= 0.6 is 11.6 Å². The van der Waals surface area contributed by atoms with E-state index in [0.29, 0.717) is 24.6 Å². The Bertz CT molecular complexity index is 917. The van der Waals surface area contributed by atoms with Gasteiger partial charge in [0.05, 0.1) is 16.1 Å². The van der Waals surface area contributed by atoms with Gasteiger partial charge < -0.3 is 10.2 Å². The Morgan fingerprint density at radius 3 is 2.62 bits per heavy atom. The topological polar surface area (TPSA) is 71.2 Å². The number of aromatic nitrogens is 5. The number of anilines is 1. The predicted molar refractivity (Wildman–Crippen MR) is 81.2 cm³/mol. The number of benzene rings is 1. The van der Waals surface area contributed by atoms with E-state index < -0.39 is 11.7 Å². The van der Waals surface area contributed by atoms with Gasteiger partial charge in [0.2, 0.25) is 5.65 Å². The van der Waals surface area contributed by atoms with Crippen molar-refractivity contribution in [2.75, 3.05) is 31.1 Å². The molecule has 11 heteroatoms. The minimum atomic E-state index is -4.52. The van der Waals surface area contributed by atoms with Crippen LogP contribution < -0.4 is 10.2 Å². The zero-order valence-electron chi connectivity index (χ0n) is 12.2. The quantitative estimate of drug-likeness (QED) is 0.715. The van der Waals surface area contributed by atoms with Crippen molar-refractivity contribution in [2.45, 2.75) is 6.18 Å². The maximum atomic E-state index is 13.0. The summed E-state index contributed by atoms with van der Waals surface area (Å²) in [5.74, 6) is 0.510. The molecule has 1 saturated heterocycles. The van der Waals surface area contributed by atoms with E-state index in [1.54, 1.807) is 0 Å². The SMILES string of the molecule is FC(F)(F)c1cc(Cl)c2nc(N3CCNCC3)c3nnnn3c2c1. The Kier molecular flexibility index (Phi) is 3.46. The molecule has 4 rings (SSSR count). The van der Waals surface area contributed by atoms with Gasteiger partial charge in [0, 0.05) is 26.2 Å². The minimum Gasteiger partial charge on any atom is -0.351 e. The van der Waals surface area contributed by atoms with E-state index in [1.165, 1.54) is 4.52 Å². The number of hydrogen-bond acceptors (Lipinski definition) is 6. The second-order valence-corrected chi connectivity index (χ2v) is 5.82. The molecule has 0 unspecified atom stereocenters. The first-order chi connectivity index (χ1) is 11.4. The Morgan fingerprint density at radius 2 is 1.92 bits per heavy atom. The fraction of sp³-hybridized carbons (Fsp3) is 0.385. The van der Waals surface area contributed by atoms with E-state index in [0.717, 1.165) is 25.2 Å². The van der Waals surface area contributed by atoms with Gasteiger partial charge >= 0.3 is 6.18 Å². The number of tetrazole rings is 1. The van der Waals surface area contributed by atoms with Crippen molar-refractivity contribution in [1.29, 1.82) is 0 Å². The van der Waals surface area contributed by atoms with E-state index in [1.807, 2.05) is 4.90 Å². The molecule has 2 aromatic heterocycles. The van der Waals surface area contributed by atoms with Crippen LogP contribution in [-0.2, 0) is 6.18 Å². The van der Waals surface area contributed by atoms with Gasteiger partial charge in [0.1, 0.15) is 5.52 Å². The monoisotopic (exact) mass is 357 g/mol. The number of rotatable bonds is 1. The summed E-state index contributed by atoms with van der Waals surface area (Å²) in [7, 11) is 0. The molecule has 24 heavy (non-hydrogen) atoms. The second-order valence-electron chi connectivity index (χ2n) is 5.41. The van der Waals surface area contributed by atoms with Crippen LogP contribution in [0.3, 0.4) is 0 Å². The average Bonchev–Trinajstić information content (AvgIpc) is 3.04. The molecule has 1 fully saturated rings. The highest BCUT2D eigenvalue weighted by Crippen LogP contribution is 2.35. The van der Waals surface area contributed by atoms with Crippen LogP contribution in [0.2, 0.25) is 5.02 Å². The summed E-state index contributed by atoms with van der Waals surface area (Å²) in [6.45, 7) is 2.93. The predicted octanol–water partition coefficient (Wildman–Crippen LogP) is 1.75. The second kappa shape index (κ2) is 5.42. The summed E-state index contributed by atoms with van der Waals surface area (Å²) in [4.78, 5) is 6.44. The lowest BCUT2D eigenvalue weighted by Crippen LogP contribution is -2.44. The van der Waals surface area contributed by atoms with Crippen molar-refractivity contribution in [3.8, 4) is 0 Å². The molecule has 3 heterocycles. The smallest absolute Gasteiger partial charge is 0.351 e. The Hall–Kier alpha value is -2.20. The molecule has 1 aliphatic rings. The standard InChI is InChI=1S/C13H11ClF3N7/c14-8-5-7(13(15,16)17)6-9-10(8)19-11(12-20-21-22-24(9)12)23-3-1-18-2-4-23/h5-6,18H,1-4H2. The molecule has 1 aliphatic heterocycles. The Morgan fingerprint density at radius 1 is 1.17 bits per heavy atom. The van der Waals surface area contributed by atoms with Crippen LogP contribution in [0.1, 0.15) is 5.56 Å². The third-order valence-corrected chi connectivity index (χ3v) is 4.19. The Balaban J connectivity index is 2.00. The fourth-order valence-electron chi connectivity index (χ4n) is 2.75. The molecule has 0 spiro atoms. The number of piperazine rings is 1. The zero-order chi connectivity index (χ0) is 16.9. The molecular weight excluding hydrogens is 347 g/mol. The molecule has 1 aromatic carbocycles. The molecule has 0 atom stereocenters. The van der Waals surface area contributed by atoms with E-state index in [4.69, 9.17) is 11.6 Å². The molecule has 3 aromatic rings. The van der Waals surface area contributed by atoms with Crippen molar-refractivity contribution < 1.29 is 13.2 Å². The highest BCUT2D eigenvalue weighted by molar-refractivity contribution is 6.35. The van der Waals surface area contributed by atoms with Gasteiger partial charge in [-0.2, -0.15) is 17.7 Å². The first kappa shape index (κ1) is 15.3. The highest BCUT2D eigenvalue weighted by Gasteiger charge is 2.32. The van der Waals surface area contributed by atoms with Gasteiger partial charge in [-0.15, -0.1) is 5.10 Å². The third-order valence-electron chi connectivity index (χ3n) is 3.90. The maximum absolute atomic E-state index is 13.0. The van der Waals surface area contributed by atoms with Crippen molar-refractivity contribution >= 4 is 34.1 Å². The minimum absolute atomic E-state index is 0.0893. The molecule has 0 radical (unpaired) electrons. The number of hydrogen-bond donors (Lipinski definition) is 1. The van der Waals surface area contributed by atoms with Crippen molar-refractivity contribution in [3.63, 3.8) is 0 Å². The van der Waals surface area contributed by atoms with E-state index >= 15 is 0 Å². The van der Waals surface area contributed by atoms with Crippen LogP contribution in [0.4, 0.5) is 19.0 Å². The lowest BCUT2D eigenvalue weighted by atomic mass is 10.2. The van der Waals surface area contributed by atoms with Crippen LogP contribution in [0.5, 0.6) is 0 Å². The summed E-state index contributed by atoms with van der Waals surface area (Å²) in [5.41, 5.74) is -0.208. The lowest BCUT2D eigenvalue weighted by Gasteiger charge is -2.28. The molecule has 1 N–H and O–H groups in total. The molecule has 0 amide bonds. The summed E-state index contributed by atoms with van der Waals surface area (Å²) in [5, 5.41) is 14.4. The first-order valence-electron chi connectivity index (χ1n) is 7.19. The molecule has 7 nitrogen and oxygen atoms in total. The molecule has 0 saturated carbocycles. The number of alkyl halides is 3. The van der Waals surface area contributed by atoms with Crippen LogP contribution in [0.25, 0.3) is 16.7 Å². The molecule has 126 valence electrons. The average molecular weight is 358 g/mol. The molecule has 0 bridgehead atoms. The summed E-state index contributed by atoms with van der Waals surface area (Å²) in [6.07, 6.45) is -4.52. The summed E-state index contributed by atoms with van der Waals surface area (Å²) in [6, 6.07) is 1.83. The van der Waals surface area contributed by atoms with Crippen molar-refractivity contribution in [1.82, 2.24) is 30.3 Å². The number of halogens is 4. The van der Waals surface area contributed by atoms with Gasteiger partial charge in [-0.25, -0.2) is 4.98 Å². The van der Waals surface area contributed by atoms with Gasteiger partial charge in [0.25, 0.3) is 0 Å². The maximum Gasteiger partial charge on any atom is 0.416 e. The number of nitrogens with zero attached hydrogens (tertiary/aromatic N) is 6. The van der Waals surface area contributed by atoms with Gasteiger partial charge in [0.15, 0.2) is 5.82 Å². The van der Waals surface area contributed by atoms with Crippen LogP contribution in [0.15, 0.2) is 12.1 Å². The van der Waals surface area contributed by atoms with Crippen LogP contribution in [0, 0.1) is 0 Å². The van der Waals surface area contributed by atoms with Crippen molar-refractivity contribution in [3.05, 3.63) is 22.7 Å². The highest BCUT2D eigenvalue weighted by atomic mass is 35.5. The molecular formula is C13H11ClF3N7. The Labute approximate surface area is 138 Å².